The summed E-state index contributed by atoms with van der Waals surface area (Å²) in [6, 6.07) is 1.74. The molecule has 2 aliphatic heterocycles. The molecule has 0 radical (unpaired) electrons. The maximum atomic E-state index is 12.2. The monoisotopic (exact) mass is 289 g/mol. The molecule has 1 atom stereocenters. The molecule has 1 aromatic rings. The van der Waals surface area contributed by atoms with Crippen LogP contribution in [0.3, 0.4) is 0 Å². The van der Waals surface area contributed by atoms with E-state index >= 15 is 0 Å². The van der Waals surface area contributed by atoms with Crippen LogP contribution in [0.1, 0.15) is 49.8 Å². The summed E-state index contributed by atoms with van der Waals surface area (Å²) in [7, 11) is 0. The van der Waals surface area contributed by atoms with Crippen molar-refractivity contribution in [1.29, 1.82) is 0 Å². The maximum Gasteiger partial charge on any atom is 0.267 e. The molecule has 1 aliphatic carbocycles. The third-order valence-electron chi connectivity index (χ3n) is 5.25. The van der Waals surface area contributed by atoms with E-state index in [4.69, 9.17) is 4.74 Å². The van der Waals surface area contributed by atoms with Crippen LogP contribution in [0.2, 0.25) is 0 Å². The SMILES string of the molecule is O=c1cc2c(nn1CC1CCC3(CCCC3)O1)CCNC2. The molecular formula is C16H23N3O2. The van der Waals surface area contributed by atoms with Gasteiger partial charge in [0.15, 0.2) is 0 Å². The molecule has 1 saturated carbocycles. The second-order valence-electron chi connectivity index (χ2n) is 6.73. The fourth-order valence-electron chi connectivity index (χ4n) is 4.09. The quantitative estimate of drug-likeness (QED) is 0.893. The average Bonchev–Trinajstić information content (AvgIpc) is 3.10. The topological polar surface area (TPSA) is 56.2 Å². The molecule has 2 fully saturated rings. The van der Waals surface area contributed by atoms with E-state index in [1.165, 1.54) is 25.7 Å². The van der Waals surface area contributed by atoms with Gasteiger partial charge in [0.1, 0.15) is 0 Å². The van der Waals surface area contributed by atoms with E-state index in [9.17, 15) is 4.79 Å². The van der Waals surface area contributed by atoms with E-state index in [-0.39, 0.29) is 17.3 Å². The van der Waals surface area contributed by atoms with Crippen LogP contribution in [-0.4, -0.2) is 28.0 Å². The maximum absolute atomic E-state index is 12.2. The van der Waals surface area contributed by atoms with E-state index in [0.717, 1.165) is 43.6 Å². The lowest BCUT2D eigenvalue weighted by Gasteiger charge is -2.24. The Balaban J connectivity index is 1.51. The highest BCUT2D eigenvalue weighted by atomic mass is 16.5. The minimum Gasteiger partial charge on any atom is -0.370 e. The van der Waals surface area contributed by atoms with Gasteiger partial charge in [0.25, 0.3) is 5.56 Å². The van der Waals surface area contributed by atoms with E-state index in [0.29, 0.717) is 6.54 Å². The first-order valence-corrected chi connectivity index (χ1v) is 8.23. The van der Waals surface area contributed by atoms with Crippen molar-refractivity contribution in [3.05, 3.63) is 27.7 Å². The zero-order valence-electron chi connectivity index (χ0n) is 12.4. The van der Waals surface area contributed by atoms with Gasteiger partial charge in [-0.1, -0.05) is 12.8 Å². The summed E-state index contributed by atoms with van der Waals surface area (Å²) in [6.07, 6.45) is 8.25. The Bertz CT molecular complexity index is 590. The Morgan fingerprint density at radius 2 is 2.24 bits per heavy atom. The number of hydrogen-bond acceptors (Lipinski definition) is 4. The first-order valence-electron chi connectivity index (χ1n) is 8.23. The van der Waals surface area contributed by atoms with Crippen molar-refractivity contribution in [2.45, 2.75) is 69.7 Å². The summed E-state index contributed by atoms with van der Waals surface area (Å²) in [5, 5.41) is 7.86. The van der Waals surface area contributed by atoms with Crippen molar-refractivity contribution >= 4 is 0 Å². The van der Waals surface area contributed by atoms with Gasteiger partial charge >= 0.3 is 0 Å². The number of rotatable bonds is 2. The molecule has 1 N–H and O–H groups in total. The Kier molecular flexibility index (Phi) is 3.34. The minimum atomic E-state index is 0.00780. The molecule has 1 spiro atoms. The standard InChI is InChI=1S/C16H23N3O2/c20-15-9-12-10-17-8-4-14(12)18-19(15)11-13-3-7-16(21-13)5-1-2-6-16/h9,13,17H,1-8,10-11H2. The van der Waals surface area contributed by atoms with Gasteiger partial charge in [0.05, 0.1) is 23.9 Å². The van der Waals surface area contributed by atoms with Crippen LogP contribution >= 0.6 is 0 Å². The highest BCUT2D eigenvalue weighted by Crippen LogP contribution is 2.43. The van der Waals surface area contributed by atoms with Crippen LogP contribution in [0, 0.1) is 0 Å². The highest BCUT2D eigenvalue weighted by molar-refractivity contribution is 5.20. The fraction of sp³-hybridized carbons (Fsp3) is 0.750. The lowest BCUT2D eigenvalue weighted by atomic mass is 9.98. The zero-order chi connectivity index (χ0) is 14.3. The van der Waals surface area contributed by atoms with Crippen molar-refractivity contribution in [3.63, 3.8) is 0 Å². The second-order valence-corrected chi connectivity index (χ2v) is 6.73. The average molecular weight is 289 g/mol. The van der Waals surface area contributed by atoms with Gasteiger partial charge in [0.2, 0.25) is 0 Å². The summed E-state index contributed by atoms with van der Waals surface area (Å²) in [4.78, 5) is 12.2. The van der Waals surface area contributed by atoms with Crippen LogP contribution in [0.4, 0.5) is 0 Å². The molecule has 3 aliphatic rings. The van der Waals surface area contributed by atoms with Gasteiger partial charge in [-0.3, -0.25) is 4.79 Å². The summed E-state index contributed by atoms with van der Waals surface area (Å²) in [6.45, 7) is 2.32. The molecule has 21 heavy (non-hydrogen) atoms. The predicted molar refractivity (Wildman–Crippen MR) is 79.2 cm³/mol. The number of hydrogen-bond donors (Lipinski definition) is 1. The van der Waals surface area contributed by atoms with Gasteiger partial charge in [-0.25, -0.2) is 4.68 Å². The third-order valence-corrected chi connectivity index (χ3v) is 5.25. The molecular weight excluding hydrogens is 266 g/mol. The van der Waals surface area contributed by atoms with E-state index in [1.54, 1.807) is 10.7 Å². The molecule has 114 valence electrons. The van der Waals surface area contributed by atoms with Crippen LogP contribution in [0.15, 0.2) is 10.9 Å². The molecule has 1 aromatic heterocycles. The van der Waals surface area contributed by atoms with E-state index in [2.05, 4.69) is 10.4 Å². The molecule has 0 amide bonds. The van der Waals surface area contributed by atoms with Crippen molar-refractivity contribution in [1.82, 2.24) is 15.1 Å². The summed E-state index contributed by atoms with van der Waals surface area (Å²) >= 11 is 0. The molecule has 0 aromatic carbocycles. The normalized spacial score (nSPS) is 27.1. The van der Waals surface area contributed by atoms with Crippen molar-refractivity contribution < 1.29 is 4.74 Å². The molecule has 1 unspecified atom stereocenters. The lowest BCUT2D eigenvalue weighted by molar-refractivity contribution is -0.0434. The van der Waals surface area contributed by atoms with Crippen molar-refractivity contribution in [3.8, 4) is 0 Å². The lowest BCUT2D eigenvalue weighted by Crippen LogP contribution is -2.35. The smallest absolute Gasteiger partial charge is 0.267 e. The van der Waals surface area contributed by atoms with Gasteiger partial charge in [-0.05, 0) is 31.2 Å². The van der Waals surface area contributed by atoms with Gasteiger partial charge in [-0.2, -0.15) is 5.10 Å². The Labute approximate surface area is 124 Å². The number of fused-ring (bicyclic) bond motifs is 1. The minimum absolute atomic E-state index is 0.00780. The first kappa shape index (κ1) is 13.5. The van der Waals surface area contributed by atoms with Gasteiger partial charge < -0.3 is 10.1 Å². The highest BCUT2D eigenvalue weighted by Gasteiger charge is 2.42. The van der Waals surface area contributed by atoms with Crippen LogP contribution in [0.5, 0.6) is 0 Å². The van der Waals surface area contributed by atoms with Crippen LogP contribution < -0.4 is 10.9 Å². The Morgan fingerprint density at radius 3 is 3.10 bits per heavy atom. The molecule has 4 rings (SSSR count). The zero-order valence-corrected chi connectivity index (χ0v) is 12.4. The third kappa shape index (κ3) is 2.53. The summed E-state index contributed by atoms with van der Waals surface area (Å²) in [5.74, 6) is 0. The van der Waals surface area contributed by atoms with Crippen molar-refractivity contribution in [2.24, 2.45) is 0 Å². The van der Waals surface area contributed by atoms with Crippen molar-refractivity contribution in [2.75, 3.05) is 6.54 Å². The molecule has 3 heterocycles. The predicted octanol–water partition coefficient (Wildman–Crippen LogP) is 1.38. The number of ether oxygens (including phenoxy) is 1. The summed E-state index contributed by atoms with van der Waals surface area (Å²) in [5.41, 5.74) is 2.27. The number of nitrogens with one attached hydrogen (secondary N) is 1. The molecule has 5 nitrogen and oxygen atoms in total. The van der Waals surface area contributed by atoms with E-state index < -0.39 is 0 Å². The van der Waals surface area contributed by atoms with E-state index in [1.807, 2.05) is 0 Å². The second kappa shape index (κ2) is 5.21. The number of nitrogens with zero attached hydrogens (tertiary/aromatic N) is 2. The first-order chi connectivity index (χ1) is 10.2. The molecule has 0 bridgehead atoms. The fourth-order valence-corrected chi connectivity index (χ4v) is 4.09. The Morgan fingerprint density at radius 1 is 1.38 bits per heavy atom. The number of aromatic nitrogens is 2. The van der Waals surface area contributed by atoms with Gasteiger partial charge in [-0.15, -0.1) is 0 Å². The van der Waals surface area contributed by atoms with Crippen LogP contribution in [-0.2, 0) is 24.2 Å². The molecule has 1 saturated heterocycles. The summed E-state index contributed by atoms with van der Waals surface area (Å²) < 4.78 is 7.93. The van der Waals surface area contributed by atoms with Gasteiger partial charge in [0, 0.05) is 25.6 Å². The molecule has 5 heteroatoms. The van der Waals surface area contributed by atoms with Crippen LogP contribution in [0.25, 0.3) is 0 Å². The largest absolute Gasteiger partial charge is 0.370 e. The Hall–Kier alpha value is -1.20.